The summed E-state index contributed by atoms with van der Waals surface area (Å²) in [6.07, 6.45) is -7.00. The minimum Gasteiger partial charge on any atom is -0.481 e. The number of hydrogen-bond donors (Lipinski definition) is 8. The Morgan fingerprint density at radius 3 is 1.80 bits per heavy atom. The van der Waals surface area contributed by atoms with E-state index in [-0.39, 0.29) is 6.42 Å². The minimum absolute atomic E-state index is 0.117. The maximum Gasteiger partial charge on any atom is 0.308 e. The van der Waals surface area contributed by atoms with Crippen molar-refractivity contribution in [2.75, 3.05) is 6.61 Å². The molecule has 0 spiro atoms. The lowest BCUT2D eigenvalue weighted by atomic mass is 9.60. The van der Waals surface area contributed by atoms with E-state index in [1.54, 1.807) is 67.6 Å². The summed E-state index contributed by atoms with van der Waals surface area (Å²) in [7, 11) is 0. The third-order valence-corrected chi connectivity index (χ3v) is 8.88. The zero-order chi connectivity index (χ0) is 33.6. The van der Waals surface area contributed by atoms with Crippen molar-refractivity contribution in [2.45, 2.75) is 69.2 Å². The van der Waals surface area contributed by atoms with Crippen LogP contribution in [0.2, 0.25) is 0 Å². The van der Waals surface area contributed by atoms with Crippen LogP contribution < -0.4 is 5.32 Å². The van der Waals surface area contributed by atoms with Gasteiger partial charge in [-0.25, -0.2) is 0 Å². The molecule has 0 aromatic heterocycles. The normalized spacial score (nSPS) is 25.3. The number of aliphatic carboxylic acids is 3. The Morgan fingerprint density at radius 1 is 0.800 bits per heavy atom. The number of rotatable bonds is 14. The summed E-state index contributed by atoms with van der Waals surface area (Å²) in [6.45, 7) is 3.84. The van der Waals surface area contributed by atoms with Crippen molar-refractivity contribution < 1.29 is 59.7 Å². The van der Waals surface area contributed by atoms with Crippen LogP contribution in [0.5, 0.6) is 0 Å². The summed E-state index contributed by atoms with van der Waals surface area (Å²) in [5.41, 5.74) is -0.565. The number of aliphatic hydroxyl groups excluding tert-OH is 4. The van der Waals surface area contributed by atoms with Gasteiger partial charge in [0.2, 0.25) is 5.91 Å². The standard InChI is InChI=1S/C32H41NO12/c1-4-18(16-11-7-5-8-12-16)20(28(38)39)21(27(37)33-24-26(36)25(35)19(15-34)45-31(24)44)22(29(40)41)23(30(42)43)32(2,3)17-13-9-6-10-14-17/h5-14,18-26,31,34-36,44H,4,15H2,1-3H3,(H,33,37)(H,38,39)(H,40,41)(H,42,43). The van der Waals surface area contributed by atoms with E-state index in [2.05, 4.69) is 5.32 Å². The number of carboxylic acids is 3. The van der Waals surface area contributed by atoms with Crippen LogP contribution in [0.3, 0.4) is 0 Å². The monoisotopic (exact) mass is 631 g/mol. The largest absolute Gasteiger partial charge is 0.481 e. The average molecular weight is 632 g/mol. The Bertz CT molecular complexity index is 1320. The molecule has 13 nitrogen and oxygen atoms in total. The fraction of sp³-hybridized carbons (Fsp3) is 0.500. The van der Waals surface area contributed by atoms with Crippen LogP contribution in [0, 0.1) is 23.7 Å². The van der Waals surface area contributed by atoms with Gasteiger partial charge in [0.05, 0.1) is 30.3 Å². The lowest BCUT2D eigenvalue weighted by Gasteiger charge is -2.43. The predicted octanol–water partition coefficient (Wildman–Crippen LogP) is 0.793. The van der Waals surface area contributed by atoms with Gasteiger partial charge in [0.1, 0.15) is 24.4 Å². The number of ether oxygens (including phenoxy) is 1. The number of hydrogen-bond acceptors (Lipinski definition) is 9. The average Bonchev–Trinajstić information content (AvgIpc) is 3.00. The highest BCUT2D eigenvalue weighted by atomic mass is 16.6. The van der Waals surface area contributed by atoms with E-state index >= 15 is 0 Å². The molecular weight excluding hydrogens is 590 g/mol. The fourth-order valence-electron chi connectivity index (χ4n) is 6.50. The van der Waals surface area contributed by atoms with Crippen LogP contribution in [-0.4, -0.2) is 96.8 Å². The van der Waals surface area contributed by atoms with E-state index in [0.717, 1.165) is 0 Å². The molecular formula is C32H41NO12. The Morgan fingerprint density at radius 2 is 1.33 bits per heavy atom. The molecule has 0 bridgehead atoms. The number of carboxylic acid groups (broad SMARTS) is 3. The molecule has 1 aliphatic heterocycles. The highest BCUT2D eigenvalue weighted by Crippen LogP contribution is 2.45. The van der Waals surface area contributed by atoms with Gasteiger partial charge < -0.3 is 45.8 Å². The van der Waals surface area contributed by atoms with E-state index in [1.807, 2.05) is 0 Å². The van der Waals surface area contributed by atoms with E-state index in [9.17, 15) is 54.9 Å². The second-order valence-corrected chi connectivity index (χ2v) is 11.8. The van der Waals surface area contributed by atoms with Crippen molar-refractivity contribution in [3.63, 3.8) is 0 Å². The van der Waals surface area contributed by atoms with E-state index in [1.165, 1.54) is 13.8 Å². The second-order valence-electron chi connectivity index (χ2n) is 11.8. The van der Waals surface area contributed by atoms with Gasteiger partial charge in [-0.3, -0.25) is 19.2 Å². The minimum atomic E-state index is -2.15. The topological polar surface area (TPSA) is 231 Å². The summed E-state index contributed by atoms with van der Waals surface area (Å²) >= 11 is 0. The fourth-order valence-corrected chi connectivity index (χ4v) is 6.50. The number of amides is 1. The van der Waals surface area contributed by atoms with E-state index in [0.29, 0.717) is 11.1 Å². The molecule has 13 heteroatoms. The molecule has 1 fully saturated rings. The molecule has 1 aliphatic rings. The Kier molecular flexibility index (Phi) is 11.8. The van der Waals surface area contributed by atoms with Gasteiger partial charge in [-0.05, 0) is 23.5 Å². The van der Waals surface area contributed by atoms with Crippen LogP contribution in [0.25, 0.3) is 0 Å². The van der Waals surface area contributed by atoms with Crippen molar-refractivity contribution in [1.29, 1.82) is 0 Å². The van der Waals surface area contributed by atoms with Crippen molar-refractivity contribution >= 4 is 23.8 Å². The lowest BCUT2D eigenvalue weighted by molar-refractivity contribution is -0.254. The highest BCUT2D eigenvalue weighted by molar-refractivity contribution is 5.92. The maximum absolute atomic E-state index is 14.3. The molecule has 1 amide bonds. The maximum atomic E-state index is 14.3. The molecule has 0 aliphatic carbocycles. The summed E-state index contributed by atoms with van der Waals surface area (Å²) < 4.78 is 5.12. The zero-order valence-electron chi connectivity index (χ0n) is 25.1. The van der Waals surface area contributed by atoms with Crippen LogP contribution in [-0.2, 0) is 29.3 Å². The molecule has 0 radical (unpaired) electrons. The molecule has 0 saturated carbocycles. The smallest absolute Gasteiger partial charge is 0.308 e. The highest BCUT2D eigenvalue weighted by Gasteiger charge is 2.56. The summed E-state index contributed by atoms with van der Waals surface area (Å²) in [5, 5.41) is 75.2. The first-order valence-corrected chi connectivity index (χ1v) is 14.6. The number of carbonyl (C=O) groups is 4. The molecule has 8 N–H and O–H groups in total. The summed E-state index contributed by atoms with van der Waals surface area (Å²) in [6, 6.07) is 14.6. The summed E-state index contributed by atoms with van der Waals surface area (Å²) in [4.78, 5) is 53.5. The molecule has 2 aromatic carbocycles. The first-order valence-electron chi connectivity index (χ1n) is 14.6. The SMILES string of the molecule is CCC(c1ccccc1)C(C(=O)O)C(C(=O)NC1C(O)OC(CO)C(O)C1O)C(C(=O)O)C(C(=O)O)C(C)(C)c1ccccc1. The van der Waals surface area contributed by atoms with Crippen molar-refractivity contribution in [3.8, 4) is 0 Å². The Labute approximate surface area is 260 Å². The number of nitrogens with one attached hydrogen (secondary N) is 1. The first-order chi connectivity index (χ1) is 21.2. The van der Waals surface area contributed by atoms with Gasteiger partial charge in [-0.1, -0.05) is 81.4 Å². The van der Waals surface area contributed by atoms with Gasteiger partial charge >= 0.3 is 17.9 Å². The Balaban J connectivity index is 2.25. The molecule has 10 atom stereocenters. The molecule has 45 heavy (non-hydrogen) atoms. The van der Waals surface area contributed by atoms with Crippen molar-refractivity contribution in [3.05, 3.63) is 71.8 Å². The lowest BCUT2D eigenvalue weighted by Crippen LogP contribution is -2.65. The predicted molar refractivity (Wildman–Crippen MR) is 158 cm³/mol. The van der Waals surface area contributed by atoms with Gasteiger partial charge in [0, 0.05) is 5.41 Å². The Hall–Kier alpha value is -3.88. The molecule has 1 saturated heterocycles. The molecule has 246 valence electrons. The number of benzene rings is 2. The van der Waals surface area contributed by atoms with Gasteiger partial charge in [-0.2, -0.15) is 0 Å². The van der Waals surface area contributed by atoms with Crippen LogP contribution in [0.15, 0.2) is 60.7 Å². The molecule has 1 heterocycles. The van der Waals surface area contributed by atoms with Crippen LogP contribution in [0.4, 0.5) is 0 Å². The van der Waals surface area contributed by atoms with Gasteiger partial charge in [-0.15, -0.1) is 0 Å². The van der Waals surface area contributed by atoms with Crippen molar-refractivity contribution in [2.24, 2.45) is 23.7 Å². The van der Waals surface area contributed by atoms with Crippen LogP contribution >= 0.6 is 0 Å². The van der Waals surface area contributed by atoms with Crippen molar-refractivity contribution in [1.82, 2.24) is 5.32 Å². The summed E-state index contributed by atoms with van der Waals surface area (Å²) in [5.74, 6) is -15.1. The van der Waals surface area contributed by atoms with E-state index < -0.39 is 96.1 Å². The zero-order valence-corrected chi connectivity index (χ0v) is 25.1. The number of aliphatic hydroxyl groups is 4. The second kappa shape index (κ2) is 14.9. The number of carbonyl (C=O) groups excluding carboxylic acids is 1. The van der Waals surface area contributed by atoms with E-state index in [4.69, 9.17) is 4.74 Å². The molecule has 2 aromatic rings. The third-order valence-electron chi connectivity index (χ3n) is 8.88. The first kappa shape index (κ1) is 35.6. The molecule has 3 rings (SSSR count). The molecule has 10 unspecified atom stereocenters. The van der Waals surface area contributed by atoms with Gasteiger partial charge in [0.15, 0.2) is 6.29 Å². The van der Waals surface area contributed by atoms with Crippen LogP contribution in [0.1, 0.15) is 44.2 Å². The quantitative estimate of drug-likeness (QED) is 0.145. The third kappa shape index (κ3) is 7.51. The van der Waals surface area contributed by atoms with Gasteiger partial charge in [0.25, 0.3) is 0 Å².